The van der Waals surface area contributed by atoms with Gasteiger partial charge in [-0.05, 0) is 26.8 Å². The van der Waals surface area contributed by atoms with Crippen LogP contribution in [0.1, 0.15) is 17.0 Å². The fourth-order valence-corrected chi connectivity index (χ4v) is 1.94. The summed E-state index contributed by atoms with van der Waals surface area (Å²) in [6, 6.07) is 0. The van der Waals surface area contributed by atoms with Crippen molar-refractivity contribution in [2.24, 2.45) is 5.73 Å². The van der Waals surface area contributed by atoms with Crippen molar-refractivity contribution in [3.05, 3.63) is 10.6 Å². The Kier molecular flexibility index (Phi) is 3.69. The van der Waals surface area contributed by atoms with Crippen molar-refractivity contribution in [2.45, 2.75) is 20.3 Å². The second kappa shape index (κ2) is 4.58. The molecule has 3 nitrogen and oxygen atoms in total. The first kappa shape index (κ1) is 10.5. The van der Waals surface area contributed by atoms with Crippen LogP contribution in [0.2, 0.25) is 0 Å². The van der Waals surface area contributed by atoms with Gasteiger partial charge in [-0.2, -0.15) is 0 Å². The lowest BCUT2D eigenvalue weighted by Crippen LogP contribution is -2.20. The van der Waals surface area contributed by atoms with Crippen molar-refractivity contribution in [3.8, 4) is 0 Å². The Morgan fingerprint density at radius 3 is 2.62 bits per heavy atom. The van der Waals surface area contributed by atoms with E-state index in [1.165, 1.54) is 4.88 Å². The number of nitrogens with two attached hydrogens (primary N) is 1. The van der Waals surface area contributed by atoms with Crippen LogP contribution in [0.4, 0.5) is 5.13 Å². The molecular formula is C9H17N3S. The summed E-state index contributed by atoms with van der Waals surface area (Å²) in [7, 11) is 2.06. The Labute approximate surface area is 83.6 Å². The lowest BCUT2D eigenvalue weighted by atomic mass is 10.4. The van der Waals surface area contributed by atoms with Crippen molar-refractivity contribution >= 4 is 16.5 Å². The minimum absolute atomic E-state index is 0.744. The molecule has 13 heavy (non-hydrogen) atoms. The lowest BCUT2D eigenvalue weighted by Gasteiger charge is -2.14. The first-order valence-electron chi connectivity index (χ1n) is 4.50. The number of thiazole rings is 1. The Morgan fingerprint density at radius 2 is 2.15 bits per heavy atom. The molecule has 0 fully saturated rings. The van der Waals surface area contributed by atoms with Crippen LogP contribution in [0.15, 0.2) is 0 Å². The molecule has 74 valence electrons. The van der Waals surface area contributed by atoms with E-state index in [9.17, 15) is 0 Å². The van der Waals surface area contributed by atoms with Crippen LogP contribution < -0.4 is 10.6 Å². The molecule has 0 aliphatic carbocycles. The van der Waals surface area contributed by atoms with Gasteiger partial charge in [0.15, 0.2) is 5.13 Å². The van der Waals surface area contributed by atoms with Gasteiger partial charge in [-0.15, -0.1) is 11.3 Å². The minimum atomic E-state index is 0.744. The standard InChI is InChI=1S/C9H17N3S/c1-7-8(2)13-9(11-7)12(3)6-4-5-10/h4-6,10H2,1-3H3. The summed E-state index contributed by atoms with van der Waals surface area (Å²) in [4.78, 5) is 7.93. The maximum Gasteiger partial charge on any atom is 0.185 e. The lowest BCUT2D eigenvalue weighted by molar-refractivity contribution is 0.792. The Hall–Kier alpha value is -0.610. The highest BCUT2D eigenvalue weighted by atomic mass is 32.1. The second-order valence-electron chi connectivity index (χ2n) is 3.20. The first-order valence-corrected chi connectivity index (χ1v) is 5.32. The summed E-state index contributed by atoms with van der Waals surface area (Å²) in [6.45, 7) is 5.88. The highest BCUT2D eigenvalue weighted by Gasteiger charge is 2.07. The largest absolute Gasteiger partial charge is 0.351 e. The fraction of sp³-hybridized carbons (Fsp3) is 0.667. The minimum Gasteiger partial charge on any atom is -0.351 e. The molecule has 4 heteroatoms. The van der Waals surface area contributed by atoms with Crippen LogP contribution in [0, 0.1) is 13.8 Å². The number of aryl methyl sites for hydroxylation is 2. The van der Waals surface area contributed by atoms with E-state index in [1.54, 1.807) is 11.3 Å². The van der Waals surface area contributed by atoms with Gasteiger partial charge in [-0.3, -0.25) is 0 Å². The molecule has 1 aromatic rings. The van der Waals surface area contributed by atoms with Crippen molar-refractivity contribution in [3.63, 3.8) is 0 Å². The van der Waals surface area contributed by atoms with E-state index in [-0.39, 0.29) is 0 Å². The van der Waals surface area contributed by atoms with Gasteiger partial charge in [-0.25, -0.2) is 4.98 Å². The molecule has 0 aliphatic heterocycles. The SMILES string of the molecule is Cc1nc(N(C)CCCN)sc1C. The molecule has 0 aliphatic rings. The Bertz CT molecular complexity index is 250. The van der Waals surface area contributed by atoms with E-state index in [2.05, 4.69) is 23.9 Å². The molecule has 1 heterocycles. The van der Waals surface area contributed by atoms with E-state index < -0.39 is 0 Å². The summed E-state index contributed by atoms with van der Waals surface area (Å²) in [5, 5.41) is 1.10. The van der Waals surface area contributed by atoms with Gasteiger partial charge in [-0.1, -0.05) is 0 Å². The molecule has 0 saturated heterocycles. The smallest absolute Gasteiger partial charge is 0.185 e. The van der Waals surface area contributed by atoms with E-state index >= 15 is 0 Å². The number of hydrogen-bond donors (Lipinski definition) is 1. The van der Waals surface area contributed by atoms with E-state index in [1.807, 2.05) is 6.92 Å². The van der Waals surface area contributed by atoms with Gasteiger partial charge in [0.25, 0.3) is 0 Å². The average molecular weight is 199 g/mol. The van der Waals surface area contributed by atoms with Crippen molar-refractivity contribution in [1.82, 2.24) is 4.98 Å². The Morgan fingerprint density at radius 1 is 1.46 bits per heavy atom. The zero-order valence-electron chi connectivity index (χ0n) is 8.50. The average Bonchev–Trinajstić information content (AvgIpc) is 2.43. The van der Waals surface area contributed by atoms with Crippen molar-refractivity contribution in [2.75, 3.05) is 25.0 Å². The first-order chi connectivity index (χ1) is 6.15. The molecule has 0 bridgehead atoms. The summed E-state index contributed by atoms with van der Waals surface area (Å²) >= 11 is 1.75. The predicted octanol–water partition coefficient (Wildman–Crippen LogP) is 1.54. The van der Waals surface area contributed by atoms with Gasteiger partial charge in [0.1, 0.15) is 0 Å². The number of hydrogen-bond acceptors (Lipinski definition) is 4. The normalized spacial score (nSPS) is 10.5. The monoisotopic (exact) mass is 199 g/mol. The molecule has 1 rings (SSSR count). The number of aromatic nitrogens is 1. The van der Waals surface area contributed by atoms with Crippen LogP contribution in [0.25, 0.3) is 0 Å². The van der Waals surface area contributed by atoms with Gasteiger partial charge < -0.3 is 10.6 Å². The quantitative estimate of drug-likeness (QED) is 0.800. The van der Waals surface area contributed by atoms with Crippen LogP contribution in [0.5, 0.6) is 0 Å². The van der Waals surface area contributed by atoms with Crippen LogP contribution in [0.3, 0.4) is 0 Å². The zero-order chi connectivity index (χ0) is 9.84. The van der Waals surface area contributed by atoms with E-state index in [4.69, 9.17) is 5.73 Å². The van der Waals surface area contributed by atoms with Gasteiger partial charge in [0.2, 0.25) is 0 Å². The Balaban J connectivity index is 2.60. The van der Waals surface area contributed by atoms with Crippen molar-refractivity contribution in [1.29, 1.82) is 0 Å². The summed E-state index contributed by atoms with van der Waals surface area (Å²) in [6.07, 6.45) is 1.02. The molecule has 0 atom stereocenters. The second-order valence-corrected chi connectivity index (χ2v) is 4.38. The topological polar surface area (TPSA) is 42.2 Å². The molecule has 0 aromatic carbocycles. The molecular weight excluding hydrogens is 182 g/mol. The maximum atomic E-state index is 5.45. The van der Waals surface area contributed by atoms with E-state index in [0.29, 0.717) is 0 Å². The number of anilines is 1. The highest BCUT2D eigenvalue weighted by Crippen LogP contribution is 2.23. The van der Waals surface area contributed by atoms with Crippen molar-refractivity contribution < 1.29 is 0 Å². The van der Waals surface area contributed by atoms with Crippen LogP contribution in [-0.2, 0) is 0 Å². The predicted molar refractivity (Wildman–Crippen MR) is 58.5 cm³/mol. The molecule has 0 amide bonds. The number of rotatable bonds is 4. The van der Waals surface area contributed by atoms with Crippen LogP contribution >= 0.6 is 11.3 Å². The molecule has 2 N–H and O–H groups in total. The molecule has 0 saturated carbocycles. The van der Waals surface area contributed by atoms with Gasteiger partial charge in [0, 0.05) is 18.5 Å². The summed E-state index contributed by atoms with van der Waals surface area (Å²) in [5.41, 5.74) is 6.58. The third kappa shape index (κ3) is 2.67. The zero-order valence-corrected chi connectivity index (χ0v) is 9.32. The van der Waals surface area contributed by atoms with Gasteiger partial charge in [0.05, 0.1) is 5.69 Å². The van der Waals surface area contributed by atoms with E-state index in [0.717, 1.165) is 30.3 Å². The molecule has 1 aromatic heterocycles. The molecule has 0 radical (unpaired) electrons. The summed E-state index contributed by atoms with van der Waals surface area (Å²) in [5.74, 6) is 0. The fourth-order valence-electron chi connectivity index (χ4n) is 1.04. The third-order valence-corrected chi connectivity index (χ3v) is 3.23. The molecule has 0 spiro atoms. The van der Waals surface area contributed by atoms with Crippen LogP contribution in [-0.4, -0.2) is 25.1 Å². The van der Waals surface area contributed by atoms with Gasteiger partial charge >= 0.3 is 0 Å². The maximum absolute atomic E-state index is 5.45. The molecule has 0 unspecified atom stereocenters. The number of nitrogens with zero attached hydrogens (tertiary/aromatic N) is 2. The third-order valence-electron chi connectivity index (χ3n) is 2.04. The summed E-state index contributed by atoms with van der Waals surface area (Å²) < 4.78 is 0. The highest BCUT2D eigenvalue weighted by molar-refractivity contribution is 7.15.